The molecule has 2 N–H and O–H groups in total. The summed E-state index contributed by atoms with van der Waals surface area (Å²) >= 11 is 0. The lowest BCUT2D eigenvalue weighted by molar-refractivity contribution is -0.163. The maximum atomic E-state index is 11.3. The summed E-state index contributed by atoms with van der Waals surface area (Å²) in [4.78, 5) is 22.6. The number of carbonyl (C=O) groups excluding carboxylic acids is 2. The van der Waals surface area contributed by atoms with Gasteiger partial charge in [0.15, 0.2) is 5.82 Å². The van der Waals surface area contributed by atoms with Crippen molar-refractivity contribution in [1.29, 1.82) is 0 Å². The highest BCUT2D eigenvalue weighted by Crippen LogP contribution is 2.06. The quantitative estimate of drug-likeness (QED) is 0.529. The average Bonchev–Trinajstić information content (AvgIpc) is 2.67. The Balaban J connectivity index is 2.27. The van der Waals surface area contributed by atoms with E-state index in [2.05, 4.69) is 25.9 Å². The number of carbonyl (C=O) groups is 2. The molecule has 0 radical (unpaired) electrons. The molecule has 0 aliphatic rings. The average molecular weight is 241 g/mol. The third kappa shape index (κ3) is 5.05. The fourth-order valence-electron chi connectivity index (χ4n) is 0.973. The Morgan fingerprint density at radius 3 is 2.65 bits per heavy atom. The standard InChI is InChI=1S/C9H15N5O3/c1-9(2,3)17-8(16)7(15)10-5-4-6-11-13-14-12-6/h4-5H2,1-3H3,(H,10,15)(H,11,12,13,14). The minimum Gasteiger partial charge on any atom is -0.453 e. The van der Waals surface area contributed by atoms with Gasteiger partial charge in [0.1, 0.15) is 5.60 Å². The molecular weight excluding hydrogens is 226 g/mol. The van der Waals surface area contributed by atoms with E-state index in [1.54, 1.807) is 20.8 Å². The Morgan fingerprint density at radius 1 is 1.41 bits per heavy atom. The number of ether oxygens (including phenoxy) is 1. The van der Waals surface area contributed by atoms with E-state index in [4.69, 9.17) is 4.74 Å². The molecule has 8 nitrogen and oxygen atoms in total. The van der Waals surface area contributed by atoms with Crippen LogP contribution < -0.4 is 5.32 Å². The van der Waals surface area contributed by atoms with Crippen LogP contribution in [-0.2, 0) is 20.7 Å². The molecule has 1 aromatic rings. The number of rotatable bonds is 3. The van der Waals surface area contributed by atoms with Gasteiger partial charge in [-0.25, -0.2) is 4.79 Å². The molecule has 1 heterocycles. The number of tetrazole rings is 1. The molecule has 17 heavy (non-hydrogen) atoms. The zero-order chi connectivity index (χ0) is 12.9. The highest BCUT2D eigenvalue weighted by atomic mass is 16.6. The first-order valence-corrected chi connectivity index (χ1v) is 5.12. The molecule has 0 unspecified atom stereocenters. The van der Waals surface area contributed by atoms with E-state index < -0.39 is 17.5 Å². The van der Waals surface area contributed by atoms with Crippen molar-refractivity contribution in [2.24, 2.45) is 0 Å². The summed E-state index contributed by atoms with van der Waals surface area (Å²) in [5, 5.41) is 15.5. The lowest BCUT2D eigenvalue weighted by Crippen LogP contribution is -2.37. The first-order chi connectivity index (χ1) is 7.88. The van der Waals surface area contributed by atoms with E-state index in [-0.39, 0.29) is 6.54 Å². The highest BCUT2D eigenvalue weighted by Gasteiger charge is 2.22. The van der Waals surface area contributed by atoms with E-state index in [1.165, 1.54) is 0 Å². The maximum Gasteiger partial charge on any atom is 0.397 e. The number of esters is 1. The Bertz CT molecular complexity index is 382. The topological polar surface area (TPSA) is 110 Å². The van der Waals surface area contributed by atoms with Crippen LogP contribution in [0.2, 0.25) is 0 Å². The number of hydrogen-bond acceptors (Lipinski definition) is 6. The van der Waals surface area contributed by atoms with Crippen LogP contribution in [-0.4, -0.2) is 44.6 Å². The van der Waals surface area contributed by atoms with Gasteiger partial charge in [-0.15, -0.1) is 10.2 Å². The molecule has 1 amide bonds. The van der Waals surface area contributed by atoms with Crippen LogP contribution >= 0.6 is 0 Å². The van der Waals surface area contributed by atoms with Gasteiger partial charge in [-0.1, -0.05) is 5.21 Å². The summed E-state index contributed by atoms with van der Waals surface area (Å²) < 4.78 is 4.89. The van der Waals surface area contributed by atoms with Gasteiger partial charge in [-0.05, 0) is 20.8 Å². The predicted octanol–water partition coefficient (Wildman–Crippen LogP) is -0.800. The number of nitrogens with one attached hydrogen (secondary N) is 2. The normalized spacial score (nSPS) is 11.0. The van der Waals surface area contributed by atoms with Gasteiger partial charge in [0.05, 0.1) is 0 Å². The number of amides is 1. The SMILES string of the molecule is CC(C)(C)OC(=O)C(=O)NCCc1nn[nH]n1. The maximum absolute atomic E-state index is 11.3. The Kier molecular flexibility index (Phi) is 4.13. The van der Waals surface area contributed by atoms with Gasteiger partial charge in [-0.3, -0.25) is 4.79 Å². The van der Waals surface area contributed by atoms with Crippen molar-refractivity contribution in [3.63, 3.8) is 0 Å². The molecule has 0 saturated carbocycles. The molecular formula is C9H15N5O3. The minimum absolute atomic E-state index is 0.248. The zero-order valence-electron chi connectivity index (χ0n) is 9.98. The van der Waals surface area contributed by atoms with Crippen LogP contribution in [0.4, 0.5) is 0 Å². The second-order valence-corrected chi connectivity index (χ2v) is 4.34. The molecule has 1 rings (SSSR count). The summed E-state index contributed by atoms with van der Waals surface area (Å²) in [5.74, 6) is -1.21. The second-order valence-electron chi connectivity index (χ2n) is 4.34. The fraction of sp³-hybridized carbons (Fsp3) is 0.667. The van der Waals surface area contributed by atoms with Crippen LogP contribution in [0.25, 0.3) is 0 Å². The molecule has 0 saturated heterocycles. The van der Waals surface area contributed by atoms with Gasteiger partial charge in [0, 0.05) is 13.0 Å². The number of aromatic amines is 1. The van der Waals surface area contributed by atoms with E-state index in [1.807, 2.05) is 0 Å². The monoisotopic (exact) mass is 241 g/mol. The van der Waals surface area contributed by atoms with Crippen molar-refractivity contribution in [3.05, 3.63) is 5.82 Å². The highest BCUT2D eigenvalue weighted by molar-refractivity contribution is 6.32. The number of nitrogens with zero attached hydrogens (tertiary/aromatic N) is 3. The Labute approximate surface area is 98.1 Å². The Hall–Kier alpha value is -1.99. The molecule has 0 bridgehead atoms. The molecule has 1 aromatic heterocycles. The fourth-order valence-corrected chi connectivity index (χ4v) is 0.973. The first-order valence-electron chi connectivity index (χ1n) is 5.12. The summed E-state index contributed by atoms with van der Waals surface area (Å²) in [6.45, 7) is 5.32. The van der Waals surface area contributed by atoms with Gasteiger partial charge in [0.2, 0.25) is 0 Å². The molecule has 0 aliphatic carbocycles. The number of H-pyrrole nitrogens is 1. The number of hydrogen-bond donors (Lipinski definition) is 2. The van der Waals surface area contributed by atoms with Crippen molar-refractivity contribution in [2.45, 2.75) is 32.8 Å². The van der Waals surface area contributed by atoms with E-state index >= 15 is 0 Å². The Morgan fingerprint density at radius 2 is 2.12 bits per heavy atom. The summed E-state index contributed by atoms with van der Waals surface area (Å²) in [6, 6.07) is 0. The van der Waals surface area contributed by atoms with E-state index in [0.717, 1.165) is 0 Å². The van der Waals surface area contributed by atoms with Crippen LogP contribution in [0.15, 0.2) is 0 Å². The van der Waals surface area contributed by atoms with Crippen LogP contribution in [0.5, 0.6) is 0 Å². The van der Waals surface area contributed by atoms with E-state index in [9.17, 15) is 9.59 Å². The lowest BCUT2D eigenvalue weighted by Gasteiger charge is -2.18. The van der Waals surface area contributed by atoms with Gasteiger partial charge >= 0.3 is 11.9 Å². The predicted molar refractivity (Wildman–Crippen MR) is 56.7 cm³/mol. The molecule has 0 aromatic carbocycles. The van der Waals surface area contributed by atoms with Crippen LogP contribution in [0.1, 0.15) is 26.6 Å². The van der Waals surface area contributed by atoms with Crippen LogP contribution in [0.3, 0.4) is 0 Å². The zero-order valence-corrected chi connectivity index (χ0v) is 9.98. The minimum atomic E-state index is -0.898. The summed E-state index contributed by atoms with van der Waals surface area (Å²) in [6.07, 6.45) is 0.394. The molecule has 0 fully saturated rings. The largest absolute Gasteiger partial charge is 0.453 e. The third-order valence-electron chi connectivity index (χ3n) is 1.61. The van der Waals surface area contributed by atoms with Gasteiger partial charge < -0.3 is 10.1 Å². The second kappa shape index (κ2) is 5.37. The molecule has 8 heteroatoms. The molecule has 0 spiro atoms. The first kappa shape index (κ1) is 13.1. The van der Waals surface area contributed by atoms with Crippen molar-refractivity contribution >= 4 is 11.9 Å². The lowest BCUT2D eigenvalue weighted by atomic mass is 10.2. The van der Waals surface area contributed by atoms with Crippen LogP contribution in [0, 0.1) is 0 Å². The molecule has 0 aliphatic heterocycles. The smallest absolute Gasteiger partial charge is 0.397 e. The summed E-state index contributed by atoms with van der Waals surface area (Å²) in [5.41, 5.74) is -0.678. The van der Waals surface area contributed by atoms with Crippen molar-refractivity contribution in [1.82, 2.24) is 25.9 Å². The third-order valence-corrected chi connectivity index (χ3v) is 1.61. The van der Waals surface area contributed by atoms with Gasteiger partial charge in [-0.2, -0.15) is 5.21 Å². The summed E-state index contributed by atoms with van der Waals surface area (Å²) in [7, 11) is 0. The van der Waals surface area contributed by atoms with E-state index in [0.29, 0.717) is 12.2 Å². The molecule has 0 atom stereocenters. The number of aromatic nitrogens is 4. The van der Waals surface area contributed by atoms with Crippen molar-refractivity contribution in [3.8, 4) is 0 Å². The van der Waals surface area contributed by atoms with Crippen molar-refractivity contribution in [2.75, 3.05) is 6.54 Å². The molecule has 94 valence electrons. The van der Waals surface area contributed by atoms with Gasteiger partial charge in [0.25, 0.3) is 0 Å². The van der Waals surface area contributed by atoms with Crippen molar-refractivity contribution < 1.29 is 14.3 Å².